The smallest absolute Gasteiger partial charge is 0.156 e. The van der Waals surface area contributed by atoms with Crippen LogP contribution in [0.5, 0.6) is 0 Å². The molecular weight excluding hydrogens is 214 g/mol. The van der Waals surface area contributed by atoms with Crippen LogP contribution in [-0.4, -0.2) is 20.8 Å². The largest absolute Gasteiger partial charge is 0.297 e. The molecule has 0 spiro atoms. The Morgan fingerprint density at radius 3 is 2.65 bits per heavy atom. The van der Waals surface area contributed by atoms with E-state index >= 15 is 0 Å². The van der Waals surface area contributed by atoms with Crippen molar-refractivity contribution in [1.82, 2.24) is 15.0 Å². The SMILES string of the molecule is CC(C)CCCc1cn(CC(=O)C(C)C)nn1. The summed E-state index contributed by atoms with van der Waals surface area (Å²) in [5.41, 5.74) is 0.988. The number of nitrogens with zero attached hydrogens (tertiary/aromatic N) is 3. The maximum atomic E-state index is 11.5. The fourth-order valence-electron chi connectivity index (χ4n) is 1.56. The molecule has 4 heteroatoms. The number of carbonyl (C=O) groups excluding carboxylic acids is 1. The second kappa shape index (κ2) is 6.52. The molecule has 0 radical (unpaired) electrons. The molecule has 0 saturated carbocycles. The van der Waals surface area contributed by atoms with E-state index in [0.717, 1.165) is 24.5 Å². The van der Waals surface area contributed by atoms with Gasteiger partial charge in [0.25, 0.3) is 0 Å². The predicted molar refractivity (Wildman–Crippen MR) is 67.6 cm³/mol. The van der Waals surface area contributed by atoms with E-state index < -0.39 is 0 Å². The summed E-state index contributed by atoms with van der Waals surface area (Å²) >= 11 is 0. The van der Waals surface area contributed by atoms with Gasteiger partial charge in [0.05, 0.1) is 5.69 Å². The van der Waals surface area contributed by atoms with Gasteiger partial charge in [0.1, 0.15) is 6.54 Å². The molecule has 96 valence electrons. The first-order valence-electron chi connectivity index (χ1n) is 6.40. The molecule has 1 aromatic rings. The Bertz CT molecular complexity index is 355. The van der Waals surface area contributed by atoms with Crippen molar-refractivity contribution in [2.24, 2.45) is 11.8 Å². The number of aryl methyl sites for hydroxylation is 1. The average Bonchev–Trinajstić information content (AvgIpc) is 2.65. The van der Waals surface area contributed by atoms with E-state index in [4.69, 9.17) is 0 Å². The van der Waals surface area contributed by atoms with Crippen molar-refractivity contribution in [1.29, 1.82) is 0 Å². The van der Waals surface area contributed by atoms with Gasteiger partial charge in [-0.1, -0.05) is 39.3 Å². The Kier molecular flexibility index (Phi) is 5.32. The number of hydrogen-bond acceptors (Lipinski definition) is 3. The van der Waals surface area contributed by atoms with Crippen LogP contribution in [0.3, 0.4) is 0 Å². The molecule has 17 heavy (non-hydrogen) atoms. The van der Waals surface area contributed by atoms with Gasteiger partial charge in [0.15, 0.2) is 5.78 Å². The lowest BCUT2D eigenvalue weighted by Crippen LogP contribution is -2.15. The van der Waals surface area contributed by atoms with Crippen molar-refractivity contribution in [2.75, 3.05) is 0 Å². The number of carbonyl (C=O) groups is 1. The van der Waals surface area contributed by atoms with Crippen molar-refractivity contribution < 1.29 is 4.79 Å². The van der Waals surface area contributed by atoms with Crippen LogP contribution in [0.1, 0.15) is 46.2 Å². The maximum absolute atomic E-state index is 11.5. The van der Waals surface area contributed by atoms with Gasteiger partial charge in [0, 0.05) is 12.1 Å². The summed E-state index contributed by atoms with van der Waals surface area (Å²) in [5.74, 6) is 0.986. The predicted octanol–water partition coefficient (Wildman–Crippen LogP) is 2.48. The van der Waals surface area contributed by atoms with Gasteiger partial charge in [-0.15, -0.1) is 5.10 Å². The molecule has 0 amide bonds. The zero-order chi connectivity index (χ0) is 12.8. The molecule has 0 atom stereocenters. The molecule has 1 rings (SSSR count). The number of hydrogen-bond donors (Lipinski definition) is 0. The summed E-state index contributed by atoms with van der Waals surface area (Å²) < 4.78 is 1.65. The van der Waals surface area contributed by atoms with E-state index in [-0.39, 0.29) is 11.7 Å². The van der Waals surface area contributed by atoms with Crippen molar-refractivity contribution in [3.05, 3.63) is 11.9 Å². The summed E-state index contributed by atoms with van der Waals surface area (Å²) in [6.07, 6.45) is 5.18. The number of aromatic nitrogens is 3. The third kappa shape index (κ3) is 5.11. The molecule has 0 saturated heterocycles. The van der Waals surface area contributed by atoms with E-state index in [1.165, 1.54) is 6.42 Å². The first kappa shape index (κ1) is 13.9. The van der Waals surface area contributed by atoms with Crippen LogP contribution in [0.15, 0.2) is 6.20 Å². The maximum Gasteiger partial charge on any atom is 0.156 e. The van der Waals surface area contributed by atoms with Gasteiger partial charge in [-0.25, -0.2) is 4.68 Å². The Balaban J connectivity index is 2.40. The van der Waals surface area contributed by atoms with E-state index in [2.05, 4.69) is 24.2 Å². The van der Waals surface area contributed by atoms with Crippen molar-refractivity contribution in [3.8, 4) is 0 Å². The third-order valence-corrected chi connectivity index (χ3v) is 2.76. The van der Waals surface area contributed by atoms with Crippen molar-refractivity contribution >= 4 is 5.78 Å². The van der Waals surface area contributed by atoms with E-state index in [0.29, 0.717) is 6.54 Å². The Morgan fingerprint density at radius 1 is 1.35 bits per heavy atom. The van der Waals surface area contributed by atoms with Gasteiger partial charge in [-0.05, 0) is 18.8 Å². The van der Waals surface area contributed by atoms with E-state index in [1.54, 1.807) is 4.68 Å². The van der Waals surface area contributed by atoms with Crippen LogP contribution in [0, 0.1) is 11.8 Å². The minimum Gasteiger partial charge on any atom is -0.297 e. The number of Topliss-reactive ketones (excluding diaryl/α,β-unsaturated/α-hetero) is 1. The third-order valence-electron chi connectivity index (χ3n) is 2.76. The van der Waals surface area contributed by atoms with Crippen LogP contribution >= 0.6 is 0 Å². The molecule has 0 aliphatic rings. The molecule has 0 N–H and O–H groups in total. The van der Waals surface area contributed by atoms with Crippen molar-refractivity contribution in [2.45, 2.75) is 53.5 Å². The number of ketones is 1. The van der Waals surface area contributed by atoms with Gasteiger partial charge in [-0.2, -0.15) is 0 Å². The molecule has 1 aromatic heterocycles. The molecule has 0 aliphatic heterocycles. The molecule has 0 aliphatic carbocycles. The van der Waals surface area contributed by atoms with Crippen LogP contribution in [0.25, 0.3) is 0 Å². The zero-order valence-electron chi connectivity index (χ0n) is 11.3. The average molecular weight is 237 g/mol. The summed E-state index contributed by atoms with van der Waals surface area (Å²) in [6, 6.07) is 0. The lowest BCUT2D eigenvalue weighted by molar-refractivity contribution is -0.122. The van der Waals surface area contributed by atoms with Crippen LogP contribution < -0.4 is 0 Å². The topological polar surface area (TPSA) is 47.8 Å². The van der Waals surface area contributed by atoms with Gasteiger partial charge < -0.3 is 0 Å². The molecule has 0 aromatic carbocycles. The standard InChI is InChI=1S/C13H23N3O/c1-10(2)6-5-7-12-8-16(15-14-12)9-13(17)11(3)4/h8,10-11H,5-7,9H2,1-4H3. The van der Waals surface area contributed by atoms with Gasteiger partial charge in [-0.3, -0.25) is 4.79 Å². The summed E-state index contributed by atoms with van der Waals surface area (Å²) in [7, 11) is 0. The van der Waals surface area contributed by atoms with Crippen LogP contribution in [0.4, 0.5) is 0 Å². The quantitative estimate of drug-likeness (QED) is 0.732. The summed E-state index contributed by atoms with van der Waals surface area (Å²) in [4.78, 5) is 11.5. The highest BCUT2D eigenvalue weighted by Gasteiger charge is 2.09. The molecular formula is C13H23N3O. The van der Waals surface area contributed by atoms with Gasteiger partial charge >= 0.3 is 0 Å². The monoisotopic (exact) mass is 237 g/mol. The highest BCUT2D eigenvalue weighted by atomic mass is 16.1. The molecule has 0 fully saturated rings. The summed E-state index contributed by atoms with van der Waals surface area (Å²) in [6.45, 7) is 8.59. The summed E-state index contributed by atoms with van der Waals surface area (Å²) in [5, 5.41) is 8.07. The highest BCUT2D eigenvalue weighted by Crippen LogP contribution is 2.08. The Hall–Kier alpha value is -1.19. The van der Waals surface area contributed by atoms with Crippen molar-refractivity contribution in [3.63, 3.8) is 0 Å². The minimum atomic E-state index is 0.0589. The van der Waals surface area contributed by atoms with Crippen LogP contribution in [-0.2, 0) is 17.8 Å². The Morgan fingerprint density at radius 2 is 2.06 bits per heavy atom. The fraction of sp³-hybridized carbons (Fsp3) is 0.769. The molecule has 0 unspecified atom stereocenters. The normalized spacial score (nSPS) is 11.4. The molecule has 0 bridgehead atoms. The second-order valence-electron chi connectivity index (χ2n) is 5.31. The van der Waals surface area contributed by atoms with E-state index in [9.17, 15) is 4.79 Å². The second-order valence-corrected chi connectivity index (χ2v) is 5.31. The number of rotatable bonds is 7. The van der Waals surface area contributed by atoms with E-state index in [1.807, 2.05) is 20.0 Å². The first-order valence-corrected chi connectivity index (χ1v) is 6.40. The van der Waals surface area contributed by atoms with Gasteiger partial charge in [0.2, 0.25) is 0 Å². The fourth-order valence-corrected chi connectivity index (χ4v) is 1.56. The highest BCUT2D eigenvalue weighted by molar-refractivity contribution is 5.79. The minimum absolute atomic E-state index is 0.0589. The lowest BCUT2D eigenvalue weighted by Gasteiger charge is -2.02. The Labute approximate surface area is 103 Å². The molecule has 1 heterocycles. The van der Waals surface area contributed by atoms with Crippen LogP contribution in [0.2, 0.25) is 0 Å². The zero-order valence-corrected chi connectivity index (χ0v) is 11.3. The lowest BCUT2D eigenvalue weighted by atomic mass is 10.1. The molecule has 4 nitrogen and oxygen atoms in total. The first-order chi connectivity index (χ1) is 7.99.